The summed E-state index contributed by atoms with van der Waals surface area (Å²) in [5.41, 5.74) is 9.13. The highest BCUT2D eigenvalue weighted by Gasteiger charge is 2.52. The van der Waals surface area contributed by atoms with E-state index < -0.39 is 0 Å². The van der Waals surface area contributed by atoms with Gasteiger partial charge in [-0.1, -0.05) is 51.0 Å². The van der Waals surface area contributed by atoms with Gasteiger partial charge in [0.05, 0.1) is 11.8 Å². The van der Waals surface area contributed by atoms with Crippen LogP contribution in [0.1, 0.15) is 58.6 Å². The van der Waals surface area contributed by atoms with E-state index in [9.17, 15) is 9.18 Å². The van der Waals surface area contributed by atoms with Crippen LogP contribution in [0.5, 0.6) is 0 Å². The van der Waals surface area contributed by atoms with E-state index in [4.69, 9.17) is 10.5 Å². The molecule has 0 spiro atoms. The number of allylic oxidation sites excluding steroid dienone is 1. The molecule has 0 radical (unpaired) electrons. The van der Waals surface area contributed by atoms with Crippen molar-refractivity contribution in [2.45, 2.75) is 64.5 Å². The van der Waals surface area contributed by atoms with E-state index in [1.807, 2.05) is 38.1 Å². The van der Waals surface area contributed by atoms with Crippen LogP contribution in [0.2, 0.25) is 0 Å². The molecule has 0 bridgehead atoms. The highest BCUT2D eigenvalue weighted by atomic mass is 19.1. The number of nitrogens with zero attached hydrogens (tertiary/aromatic N) is 1. The molecule has 38 heavy (non-hydrogen) atoms. The highest BCUT2D eigenvalue weighted by molar-refractivity contribution is 5.63. The number of benzene rings is 1. The number of nitrogens with two attached hydrogens (primary N) is 1. The van der Waals surface area contributed by atoms with Gasteiger partial charge in [-0.2, -0.15) is 0 Å². The average molecular weight is 519 g/mol. The second-order valence-electron chi connectivity index (χ2n) is 9.53. The van der Waals surface area contributed by atoms with Gasteiger partial charge in [-0.3, -0.25) is 4.98 Å². The van der Waals surface area contributed by atoms with E-state index in [1.54, 1.807) is 19.4 Å². The van der Waals surface area contributed by atoms with Crippen LogP contribution in [0.3, 0.4) is 0 Å². The summed E-state index contributed by atoms with van der Waals surface area (Å²) < 4.78 is 19.3. The molecule has 1 heterocycles. The van der Waals surface area contributed by atoms with E-state index in [2.05, 4.69) is 43.7 Å². The van der Waals surface area contributed by atoms with Crippen molar-refractivity contribution in [2.24, 2.45) is 29.4 Å². The fraction of sp³-hybridized carbons (Fsp3) is 0.455. The number of carbonyl (C=O) groups excluding carboxylic acids is 1. The third kappa shape index (κ3) is 7.87. The summed E-state index contributed by atoms with van der Waals surface area (Å²) in [6, 6.07) is 10.4. The smallest absolute Gasteiger partial charge is 0.123 e. The fourth-order valence-corrected chi connectivity index (χ4v) is 6.02. The average Bonchev–Trinajstić information content (AvgIpc) is 2.98. The van der Waals surface area contributed by atoms with E-state index in [0.29, 0.717) is 5.92 Å². The van der Waals surface area contributed by atoms with Crippen LogP contribution >= 0.6 is 0 Å². The molecule has 2 fully saturated rings. The van der Waals surface area contributed by atoms with Crippen molar-refractivity contribution in [3.05, 3.63) is 60.2 Å². The molecule has 4 nitrogen and oxygen atoms in total. The summed E-state index contributed by atoms with van der Waals surface area (Å²) in [5.74, 6) is 0.216. The van der Waals surface area contributed by atoms with Crippen LogP contribution < -0.4 is 5.73 Å². The number of halogens is 1. The first kappa shape index (κ1) is 32.8. The molecule has 6 atom stereocenters. The van der Waals surface area contributed by atoms with Crippen LogP contribution in [0.25, 0.3) is 17.2 Å². The zero-order valence-electron chi connectivity index (χ0n) is 23.2. The molecule has 2 aliphatic rings. The molecule has 0 saturated heterocycles. The largest absolute Gasteiger partial charge is 0.381 e. The van der Waals surface area contributed by atoms with E-state index in [1.165, 1.54) is 18.6 Å². The summed E-state index contributed by atoms with van der Waals surface area (Å²) in [5, 5.41) is 0. The number of carbonyl (C=O) groups is 1. The molecule has 1 aromatic heterocycles. The number of ether oxygens (including phenoxy) is 1. The Labute approximate surface area is 229 Å². The number of aldehydes is 1. The molecule has 5 heteroatoms. The van der Waals surface area contributed by atoms with Crippen LogP contribution in [-0.4, -0.2) is 30.0 Å². The van der Waals surface area contributed by atoms with Gasteiger partial charge in [-0.25, -0.2) is 4.39 Å². The first-order chi connectivity index (χ1) is 18.4. The Balaban J connectivity index is 0.00000112. The number of hydrogen-bond donors (Lipinski definition) is 1. The monoisotopic (exact) mass is 518 g/mol. The minimum atomic E-state index is -0.294. The number of aromatic nitrogens is 1. The summed E-state index contributed by atoms with van der Waals surface area (Å²) in [7, 11) is 1.71. The van der Waals surface area contributed by atoms with Crippen LogP contribution in [0, 0.1) is 55.2 Å². The standard InChI is InChI=1S/C27H33FN2O2.C2H6.2C2H2/c1-18(32-2)26-21(17-31)15-27(29)13-4-3-8-25(27)24(26)12-11-23-10-9-20(16-30-23)19-6-5-7-22(28)14-19;3*1-2/h5-7,9-12,14,16-18,21,24-26H,3-4,8,13,15,29H2,1-2H3;1-2H3;2*1-2H/b12-11+;;;/t18-,21+,24+,25?,26-,27-;;;/m1.../s1. The van der Waals surface area contributed by atoms with Crippen molar-refractivity contribution in [3.8, 4) is 36.8 Å². The van der Waals surface area contributed by atoms with Gasteiger partial charge >= 0.3 is 0 Å². The Morgan fingerprint density at radius 3 is 2.42 bits per heavy atom. The van der Waals surface area contributed by atoms with Gasteiger partial charge in [0.1, 0.15) is 12.1 Å². The molecule has 1 unspecified atom stereocenters. The van der Waals surface area contributed by atoms with Crippen LogP contribution in [0.4, 0.5) is 4.39 Å². The first-order valence-electron chi connectivity index (χ1n) is 13.3. The molecular weight excluding hydrogens is 475 g/mol. The maximum atomic E-state index is 13.5. The Kier molecular flexibility index (Phi) is 14.3. The molecule has 0 aliphatic heterocycles. The summed E-state index contributed by atoms with van der Waals surface area (Å²) >= 11 is 0. The van der Waals surface area contributed by atoms with E-state index in [0.717, 1.165) is 48.8 Å². The van der Waals surface area contributed by atoms with Crippen LogP contribution in [-0.2, 0) is 9.53 Å². The van der Waals surface area contributed by atoms with Crippen LogP contribution in [0.15, 0.2) is 48.7 Å². The highest BCUT2D eigenvalue weighted by Crippen LogP contribution is 2.51. The summed E-state index contributed by atoms with van der Waals surface area (Å²) in [6.07, 6.45) is 28.2. The van der Waals surface area contributed by atoms with Gasteiger partial charge in [0.15, 0.2) is 0 Å². The number of terminal acetylenes is 2. The lowest BCUT2D eigenvalue weighted by Crippen LogP contribution is -2.60. The summed E-state index contributed by atoms with van der Waals surface area (Å²) in [4.78, 5) is 16.6. The van der Waals surface area contributed by atoms with Gasteiger partial charge in [-0.05, 0) is 67.9 Å². The van der Waals surface area contributed by atoms with Gasteiger partial charge in [0, 0.05) is 36.2 Å². The third-order valence-corrected chi connectivity index (χ3v) is 7.69. The molecule has 0 amide bonds. The second kappa shape index (κ2) is 16.6. The normalized spacial score (nSPS) is 26.6. The number of pyridine rings is 1. The third-order valence-electron chi connectivity index (χ3n) is 7.69. The Bertz CT molecular complexity index is 1040. The zero-order chi connectivity index (χ0) is 28.7. The van der Waals surface area contributed by atoms with E-state index >= 15 is 0 Å². The molecule has 2 N–H and O–H groups in total. The molecule has 2 saturated carbocycles. The maximum absolute atomic E-state index is 13.5. The van der Waals surface area contributed by atoms with Gasteiger partial charge in [-0.15, -0.1) is 25.7 Å². The first-order valence-corrected chi connectivity index (χ1v) is 13.3. The SMILES string of the molecule is C#C.C#C.CC.CO[C@H](C)[C@@H]1[C@H](C=O)C[C@]2(N)CCCCC2[C@@H]1/C=C/c1ccc(-c2cccc(F)c2)cn1. The predicted molar refractivity (Wildman–Crippen MR) is 156 cm³/mol. The number of methoxy groups -OCH3 is 1. The molecular formula is C33H43FN2O2. The maximum Gasteiger partial charge on any atom is 0.123 e. The minimum Gasteiger partial charge on any atom is -0.381 e. The van der Waals surface area contributed by atoms with Gasteiger partial charge in [0.2, 0.25) is 0 Å². The topological polar surface area (TPSA) is 65.2 Å². The minimum absolute atomic E-state index is 0.0327. The van der Waals surface area contributed by atoms with Crippen molar-refractivity contribution in [2.75, 3.05) is 7.11 Å². The lowest BCUT2D eigenvalue weighted by atomic mass is 9.53. The van der Waals surface area contributed by atoms with Gasteiger partial charge < -0.3 is 15.3 Å². The van der Waals surface area contributed by atoms with Crippen molar-refractivity contribution >= 4 is 12.4 Å². The van der Waals surface area contributed by atoms with Crippen molar-refractivity contribution in [3.63, 3.8) is 0 Å². The molecule has 2 aromatic rings. The molecule has 204 valence electrons. The lowest BCUT2D eigenvalue weighted by Gasteiger charge is -2.54. The Morgan fingerprint density at radius 2 is 1.84 bits per heavy atom. The van der Waals surface area contributed by atoms with E-state index in [-0.39, 0.29) is 35.2 Å². The molecule has 1 aromatic carbocycles. The number of hydrogen-bond acceptors (Lipinski definition) is 4. The van der Waals surface area contributed by atoms with Gasteiger partial charge in [0.25, 0.3) is 0 Å². The molecule has 2 aliphatic carbocycles. The van der Waals surface area contributed by atoms with Crippen molar-refractivity contribution in [1.82, 2.24) is 4.98 Å². The van der Waals surface area contributed by atoms with Crippen molar-refractivity contribution < 1.29 is 13.9 Å². The quantitative estimate of drug-likeness (QED) is 0.337. The fourth-order valence-electron chi connectivity index (χ4n) is 6.02. The summed E-state index contributed by atoms with van der Waals surface area (Å²) in [6.45, 7) is 6.06. The Morgan fingerprint density at radius 1 is 1.13 bits per heavy atom. The number of fused-ring (bicyclic) bond motifs is 1. The van der Waals surface area contributed by atoms with Crippen molar-refractivity contribution in [1.29, 1.82) is 0 Å². The molecule has 4 rings (SSSR count). The second-order valence-corrected chi connectivity index (χ2v) is 9.53. The number of rotatable bonds is 6. The lowest BCUT2D eigenvalue weighted by molar-refractivity contribution is -0.122. The Hall–Kier alpha value is -3.25. The zero-order valence-corrected chi connectivity index (χ0v) is 23.2. The predicted octanol–water partition coefficient (Wildman–Crippen LogP) is 6.80.